The van der Waals surface area contributed by atoms with E-state index in [4.69, 9.17) is 10.1 Å². The summed E-state index contributed by atoms with van der Waals surface area (Å²) in [7, 11) is 0. The minimum atomic E-state index is -0.901. The van der Waals surface area contributed by atoms with Crippen molar-refractivity contribution in [2.45, 2.75) is 12.8 Å². The number of hydrogen-bond acceptors (Lipinski definition) is 4. The van der Waals surface area contributed by atoms with E-state index in [0.717, 1.165) is 45.1 Å². The summed E-state index contributed by atoms with van der Waals surface area (Å²) in [6.45, 7) is 0. The molecule has 33 heavy (non-hydrogen) atoms. The summed E-state index contributed by atoms with van der Waals surface area (Å²) in [5.74, 6) is -0.901. The monoisotopic (exact) mass is 449 g/mol. The van der Waals surface area contributed by atoms with Gasteiger partial charge < -0.3 is 5.11 Å². The lowest BCUT2D eigenvalue weighted by atomic mass is 10.0. The minimum Gasteiger partial charge on any atom is -0.478 e. The number of fused-ring (bicyclic) bond motifs is 2. The second-order valence-corrected chi connectivity index (χ2v) is 8.94. The summed E-state index contributed by atoms with van der Waals surface area (Å²) in [6, 6.07) is 21.6. The third kappa shape index (κ3) is 3.36. The Morgan fingerprint density at radius 1 is 0.970 bits per heavy atom. The first-order chi connectivity index (χ1) is 16.2. The molecule has 1 aliphatic rings. The first-order valence-corrected chi connectivity index (χ1v) is 11.6. The normalized spacial score (nSPS) is 14.1. The van der Waals surface area contributed by atoms with Crippen LogP contribution >= 0.6 is 11.3 Å². The largest absolute Gasteiger partial charge is 0.478 e. The summed E-state index contributed by atoms with van der Waals surface area (Å²) in [5.41, 5.74) is 6.63. The van der Waals surface area contributed by atoms with Crippen LogP contribution in [0.2, 0.25) is 0 Å². The number of pyridine rings is 1. The fourth-order valence-electron chi connectivity index (χ4n) is 4.52. The van der Waals surface area contributed by atoms with E-state index in [-0.39, 0.29) is 0 Å². The van der Waals surface area contributed by atoms with Crippen molar-refractivity contribution in [2.24, 2.45) is 0 Å². The van der Waals surface area contributed by atoms with E-state index >= 15 is 0 Å². The summed E-state index contributed by atoms with van der Waals surface area (Å²) in [6.07, 6.45) is 5.58. The molecule has 0 fully saturated rings. The van der Waals surface area contributed by atoms with Gasteiger partial charge in [0, 0.05) is 17.1 Å². The molecule has 160 valence electrons. The summed E-state index contributed by atoms with van der Waals surface area (Å²) in [4.78, 5) is 18.1. The Bertz CT molecular complexity index is 1530. The van der Waals surface area contributed by atoms with Crippen LogP contribution in [-0.4, -0.2) is 25.8 Å². The number of carboxylic acid groups (broad SMARTS) is 1. The lowest BCUT2D eigenvalue weighted by Crippen LogP contribution is -2.05. The SMILES string of the molecule is O=C(O)c1c2c(nc3ccccc13)C(=Cc1cn(-c3ccccc3)nc1-c1cccs1)CC2. The van der Waals surface area contributed by atoms with Gasteiger partial charge in [0.1, 0.15) is 5.69 Å². The van der Waals surface area contributed by atoms with E-state index in [1.807, 2.05) is 76.9 Å². The number of nitrogens with zero attached hydrogens (tertiary/aromatic N) is 3. The Morgan fingerprint density at radius 3 is 2.58 bits per heavy atom. The standard InChI is InChI=1S/C27H19N3O2S/c31-27(32)24-20-9-4-5-10-22(20)28-25-17(12-13-21(24)25)15-18-16-30(19-7-2-1-3-8-19)29-26(18)23-11-6-14-33-23/h1-11,14-16H,12-13H2,(H,31,32). The zero-order valence-corrected chi connectivity index (χ0v) is 18.4. The number of aromatic nitrogens is 3. The molecule has 5 nitrogen and oxygen atoms in total. The van der Waals surface area contributed by atoms with Crippen LogP contribution in [-0.2, 0) is 6.42 Å². The number of para-hydroxylation sites is 2. The summed E-state index contributed by atoms with van der Waals surface area (Å²) < 4.78 is 1.90. The second kappa shape index (κ2) is 7.83. The molecule has 3 heterocycles. The zero-order chi connectivity index (χ0) is 22.4. The van der Waals surface area contributed by atoms with Crippen LogP contribution in [0.15, 0.2) is 78.3 Å². The van der Waals surface area contributed by atoms with Gasteiger partial charge in [0.2, 0.25) is 0 Å². The second-order valence-electron chi connectivity index (χ2n) is 8.00. The number of carboxylic acids is 1. The highest BCUT2D eigenvalue weighted by atomic mass is 32.1. The van der Waals surface area contributed by atoms with Gasteiger partial charge in [-0.2, -0.15) is 5.10 Å². The van der Waals surface area contributed by atoms with Gasteiger partial charge in [-0.05, 0) is 59.7 Å². The van der Waals surface area contributed by atoms with E-state index < -0.39 is 5.97 Å². The Hall–Kier alpha value is -4.03. The highest BCUT2D eigenvalue weighted by molar-refractivity contribution is 7.13. The third-order valence-electron chi connectivity index (χ3n) is 6.00. The molecule has 0 unspecified atom stereocenters. The van der Waals surface area contributed by atoms with Crippen LogP contribution in [0.5, 0.6) is 0 Å². The number of allylic oxidation sites excluding steroid dienone is 1. The molecule has 2 aromatic carbocycles. The number of aromatic carboxylic acids is 1. The van der Waals surface area contributed by atoms with Gasteiger partial charge in [-0.25, -0.2) is 14.5 Å². The zero-order valence-electron chi connectivity index (χ0n) is 17.6. The van der Waals surface area contributed by atoms with E-state index in [2.05, 4.69) is 12.1 Å². The fraction of sp³-hybridized carbons (Fsp3) is 0.0741. The predicted molar refractivity (Wildman–Crippen MR) is 132 cm³/mol. The van der Waals surface area contributed by atoms with Gasteiger partial charge in [-0.15, -0.1) is 11.3 Å². The molecule has 0 bridgehead atoms. The average molecular weight is 450 g/mol. The molecule has 1 N–H and O–H groups in total. The molecular formula is C27H19N3O2S. The molecule has 5 aromatic rings. The van der Waals surface area contributed by atoms with Crippen molar-refractivity contribution in [3.63, 3.8) is 0 Å². The molecule has 0 amide bonds. The Morgan fingerprint density at radius 2 is 1.79 bits per heavy atom. The van der Waals surface area contributed by atoms with Crippen molar-refractivity contribution in [3.8, 4) is 16.3 Å². The molecular weight excluding hydrogens is 430 g/mol. The van der Waals surface area contributed by atoms with Crippen molar-refractivity contribution < 1.29 is 9.90 Å². The Balaban J connectivity index is 1.54. The number of benzene rings is 2. The van der Waals surface area contributed by atoms with Crippen LogP contribution in [0.4, 0.5) is 0 Å². The van der Waals surface area contributed by atoms with Crippen molar-refractivity contribution >= 4 is 39.9 Å². The summed E-state index contributed by atoms with van der Waals surface area (Å²) >= 11 is 1.65. The molecule has 0 saturated heterocycles. The van der Waals surface area contributed by atoms with Crippen molar-refractivity contribution in [2.75, 3.05) is 0 Å². The van der Waals surface area contributed by atoms with Crippen LogP contribution in [0.1, 0.15) is 33.6 Å². The van der Waals surface area contributed by atoms with Crippen LogP contribution in [0.3, 0.4) is 0 Å². The van der Waals surface area contributed by atoms with Crippen LogP contribution < -0.4 is 0 Å². The topological polar surface area (TPSA) is 68.0 Å². The van der Waals surface area contributed by atoms with E-state index in [0.29, 0.717) is 22.9 Å². The molecule has 6 rings (SSSR count). The first-order valence-electron chi connectivity index (χ1n) is 10.7. The predicted octanol–water partition coefficient (Wildman–Crippen LogP) is 6.33. The maximum atomic E-state index is 12.2. The lowest BCUT2D eigenvalue weighted by Gasteiger charge is -2.09. The average Bonchev–Trinajstić information content (AvgIpc) is 3.59. The van der Waals surface area contributed by atoms with Crippen molar-refractivity contribution in [3.05, 3.63) is 101 Å². The first kappa shape index (κ1) is 19.6. The highest BCUT2D eigenvalue weighted by Crippen LogP contribution is 2.39. The quantitative estimate of drug-likeness (QED) is 0.348. The van der Waals surface area contributed by atoms with Gasteiger partial charge in [-0.3, -0.25) is 0 Å². The molecule has 0 atom stereocenters. The molecule has 0 saturated carbocycles. The molecule has 1 aliphatic carbocycles. The van der Waals surface area contributed by atoms with Gasteiger partial charge in [0.15, 0.2) is 0 Å². The third-order valence-corrected chi connectivity index (χ3v) is 6.88. The maximum absolute atomic E-state index is 12.2. The maximum Gasteiger partial charge on any atom is 0.336 e. The molecule has 0 aliphatic heterocycles. The number of carbonyl (C=O) groups is 1. The molecule has 6 heteroatoms. The van der Waals surface area contributed by atoms with E-state index in [9.17, 15) is 9.90 Å². The lowest BCUT2D eigenvalue weighted by molar-refractivity contribution is 0.0698. The van der Waals surface area contributed by atoms with Crippen molar-refractivity contribution in [1.29, 1.82) is 0 Å². The fourth-order valence-corrected chi connectivity index (χ4v) is 5.25. The Kier molecular flexibility index (Phi) is 4.66. The Labute approximate surface area is 194 Å². The number of thiophene rings is 1. The van der Waals surface area contributed by atoms with Crippen LogP contribution in [0.25, 0.3) is 38.8 Å². The number of hydrogen-bond donors (Lipinski definition) is 1. The van der Waals surface area contributed by atoms with Crippen LogP contribution in [0, 0.1) is 0 Å². The van der Waals surface area contributed by atoms with Gasteiger partial charge in [0.25, 0.3) is 0 Å². The van der Waals surface area contributed by atoms with Gasteiger partial charge in [-0.1, -0.05) is 42.5 Å². The summed E-state index contributed by atoms with van der Waals surface area (Å²) in [5, 5.41) is 17.6. The van der Waals surface area contributed by atoms with Crippen molar-refractivity contribution in [1.82, 2.24) is 14.8 Å². The smallest absolute Gasteiger partial charge is 0.336 e. The minimum absolute atomic E-state index is 0.373. The van der Waals surface area contributed by atoms with Gasteiger partial charge in [0.05, 0.1) is 27.3 Å². The van der Waals surface area contributed by atoms with E-state index in [1.165, 1.54) is 0 Å². The molecule has 3 aromatic heterocycles. The highest BCUT2D eigenvalue weighted by Gasteiger charge is 2.27. The van der Waals surface area contributed by atoms with Gasteiger partial charge >= 0.3 is 5.97 Å². The van der Waals surface area contributed by atoms with E-state index in [1.54, 1.807) is 11.3 Å². The number of rotatable bonds is 4. The molecule has 0 spiro atoms. The molecule has 0 radical (unpaired) electrons.